The van der Waals surface area contributed by atoms with Crippen LogP contribution in [0.25, 0.3) is 11.5 Å². The van der Waals surface area contributed by atoms with Gasteiger partial charge in [-0.1, -0.05) is 58.4 Å². The van der Waals surface area contributed by atoms with Crippen molar-refractivity contribution in [2.75, 3.05) is 11.9 Å². The third kappa shape index (κ3) is 4.70. The molecule has 0 atom stereocenters. The monoisotopic (exact) mass is 500 g/mol. The molecule has 3 aromatic carbocycles. The van der Waals surface area contributed by atoms with E-state index in [0.717, 1.165) is 10.0 Å². The van der Waals surface area contributed by atoms with Gasteiger partial charge in [0, 0.05) is 11.0 Å². The Kier molecular flexibility index (Phi) is 6.20. The lowest BCUT2D eigenvalue weighted by Gasteiger charge is -2.06. The van der Waals surface area contributed by atoms with Crippen molar-refractivity contribution in [3.8, 4) is 11.5 Å². The maximum atomic E-state index is 14.3. The van der Waals surface area contributed by atoms with Gasteiger partial charge < -0.3 is 9.73 Å². The Morgan fingerprint density at radius 3 is 2.32 bits per heavy atom. The average Bonchev–Trinajstić information content (AvgIpc) is 3.20. The number of hydrogen-bond acceptors (Lipinski definition) is 5. The van der Waals surface area contributed by atoms with Gasteiger partial charge in [0.15, 0.2) is 0 Å². The van der Waals surface area contributed by atoms with E-state index in [1.54, 1.807) is 24.3 Å². The molecule has 1 heterocycles. The zero-order valence-electron chi connectivity index (χ0n) is 16.3. The predicted octanol–water partition coefficient (Wildman–Crippen LogP) is 5.73. The van der Waals surface area contributed by atoms with Gasteiger partial charge >= 0.3 is 0 Å². The summed E-state index contributed by atoms with van der Waals surface area (Å²) in [4.78, 5) is 4.23. The number of sulfone groups is 1. The highest BCUT2D eigenvalue weighted by atomic mass is 79.9. The first-order valence-corrected chi connectivity index (χ1v) is 11.8. The van der Waals surface area contributed by atoms with Gasteiger partial charge in [-0.25, -0.2) is 12.8 Å². The SMILES string of the molecule is O=S(=O)(c1ccc(Br)cc1)c1nc(-c2ccccc2F)oc1NCCc1ccccc1. The van der Waals surface area contributed by atoms with Crippen LogP contribution in [0.3, 0.4) is 0 Å². The van der Waals surface area contributed by atoms with Crippen molar-refractivity contribution in [1.29, 1.82) is 0 Å². The molecular formula is C23H18BrFN2O3S. The molecule has 0 aliphatic rings. The molecule has 1 N–H and O–H groups in total. The van der Waals surface area contributed by atoms with Crippen LogP contribution in [0, 0.1) is 5.82 Å². The van der Waals surface area contributed by atoms with Crippen molar-refractivity contribution < 1.29 is 17.2 Å². The molecule has 0 bridgehead atoms. The Morgan fingerprint density at radius 1 is 0.935 bits per heavy atom. The molecule has 0 aliphatic heterocycles. The molecule has 31 heavy (non-hydrogen) atoms. The normalized spacial score (nSPS) is 11.4. The van der Waals surface area contributed by atoms with Crippen molar-refractivity contribution >= 4 is 31.7 Å². The lowest BCUT2D eigenvalue weighted by molar-refractivity contribution is 0.567. The van der Waals surface area contributed by atoms with Crippen molar-refractivity contribution in [2.24, 2.45) is 0 Å². The molecule has 4 aromatic rings. The van der Waals surface area contributed by atoms with Crippen LogP contribution in [-0.4, -0.2) is 19.9 Å². The first kappa shape index (κ1) is 21.3. The van der Waals surface area contributed by atoms with E-state index in [-0.39, 0.29) is 27.3 Å². The summed E-state index contributed by atoms with van der Waals surface area (Å²) in [6.45, 7) is 0.415. The second kappa shape index (κ2) is 9.03. The molecule has 4 rings (SSSR count). The summed E-state index contributed by atoms with van der Waals surface area (Å²) in [6.07, 6.45) is 0.647. The second-order valence-electron chi connectivity index (χ2n) is 6.75. The second-order valence-corrected chi connectivity index (χ2v) is 9.53. The third-order valence-electron chi connectivity index (χ3n) is 4.62. The summed E-state index contributed by atoms with van der Waals surface area (Å²) in [7, 11) is -3.99. The standard InChI is InChI=1S/C23H18BrFN2O3S/c24-17-10-12-18(13-11-17)31(28,29)23-22(26-15-14-16-6-2-1-3-7-16)30-21(27-23)19-8-4-5-9-20(19)25/h1-13,26H,14-15H2. The number of aromatic nitrogens is 1. The largest absolute Gasteiger partial charge is 0.419 e. The minimum absolute atomic E-state index is 0.0166. The van der Waals surface area contributed by atoms with Crippen molar-refractivity contribution in [3.63, 3.8) is 0 Å². The van der Waals surface area contributed by atoms with Crippen LogP contribution in [0.5, 0.6) is 0 Å². The van der Waals surface area contributed by atoms with Crippen molar-refractivity contribution in [1.82, 2.24) is 4.98 Å². The molecule has 0 aliphatic carbocycles. The van der Waals surface area contributed by atoms with Gasteiger partial charge in [-0.15, -0.1) is 0 Å². The molecule has 0 radical (unpaired) electrons. The fraction of sp³-hybridized carbons (Fsp3) is 0.0870. The Balaban J connectivity index is 1.71. The number of rotatable bonds is 7. The summed E-state index contributed by atoms with van der Waals surface area (Å²) >= 11 is 3.30. The molecule has 0 saturated heterocycles. The maximum Gasteiger partial charge on any atom is 0.233 e. The van der Waals surface area contributed by atoms with E-state index < -0.39 is 15.7 Å². The first-order valence-electron chi connectivity index (χ1n) is 9.49. The van der Waals surface area contributed by atoms with Gasteiger partial charge in [0.25, 0.3) is 0 Å². The van der Waals surface area contributed by atoms with Gasteiger partial charge in [-0.3, -0.25) is 0 Å². The van der Waals surface area contributed by atoms with Crippen molar-refractivity contribution in [3.05, 3.63) is 94.7 Å². The van der Waals surface area contributed by atoms with E-state index >= 15 is 0 Å². The molecule has 8 heteroatoms. The number of benzene rings is 3. The lowest BCUT2D eigenvalue weighted by Crippen LogP contribution is -2.09. The molecule has 0 unspecified atom stereocenters. The predicted molar refractivity (Wildman–Crippen MR) is 120 cm³/mol. The summed E-state index contributed by atoms with van der Waals surface area (Å²) in [5, 5.41) is 2.74. The zero-order valence-corrected chi connectivity index (χ0v) is 18.7. The zero-order chi connectivity index (χ0) is 21.8. The Bertz CT molecular complexity index is 1290. The van der Waals surface area contributed by atoms with E-state index in [1.165, 1.54) is 24.3 Å². The molecule has 1 aromatic heterocycles. The summed E-state index contributed by atoms with van der Waals surface area (Å²) < 4.78 is 47.2. The van der Waals surface area contributed by atoms with Crippen LogP contribution in [0.1, 0.15) is 5.56 Å². The minimum Gasteiger partial charge on any atom is -0.419 e. The van der Waals surface area contributed by atoms with E-state index in [4.69, 9.17) is 4.42 Å². The molecule has 5 nitrogen and oxygen atoms in total. The lowest BCUT2D eigenvalue weighted by atomic mass is 10.1. The van der Waals surface area contributed by atoms with Crippen LogP contribution >= 0.6 is 15.9 Å². The molecule has 158 valence electrons. The number of nitrogens with one attached hydrogen (secondary N) is 1. The average molecular weight is 501 g/mol. The molecular weight excluding hydrogens is 483 g/mol. The topological polar surface area (TPSA) is 72.2 Å². The summed E-state index contributed by atoms with van der Waals surface area (Å²) in [5.74, 6) is -0.666. The molecule has 0 spiro atoms. The van der Waals surface area contributed by atoms with Crippen LogP contribution < -0.4 is 5.32 Å². The number of hydrogen-bond donors (Lipinski definition) is 1. The van der Waals surface area contributed by atoms with Crippen LogP contribution in [0.15, 0.2) is 97.7 Å². The summed E-state index contributed by atoms with van der Waals surface area (Å²) in [5.41, 5.74) is 1.17. The maximum absolute atomic E-state index is 14.3. The van der Waals surface area contributed by atoms with Crippen LogP contribution in [0.4, 0.5) is 10.3 Å². The fourth-order valence-corrected chi connectivity index (χ4v) is 4.58. The molecule has 0 fully saturated rings. The number of nitrogens with zero attached hydrogens (tertiary/aromatic N) is 1. The molecule has 0 saturated carbocycles. The van der Waals surface area contributed by atoms with E-state index in [2.05, 4.69) is 26.2 Å². The first-order chi connectivity index (χ1) is 14.9. The highest BCUT2D eigenvalue weighted by Crippen LogP contribution is 2.33. The van der Waals surface area contributed by atoms with Crippen LogP contribution in [0.2, 0.25) is 0 Å². The third-order valence-corrected chi connectivity index (χ3v) is 6.83. The fourth-order valence-electron chi connectivity index (χ4n) is 3.04. The molecule has 0 amide bonds. The smallest absolute Gasteiger partial charge is 0.233 e. The number of anilines is 1. The van der Waals surface area contributed by atoms with E-state index in [0.29, 0.717) is 13.0 Å². The number of oxazole rings is 1. The van der Waals surface area contributed by atoms with Gasteiger partial charge in [0.05, 0.1) is 10.5 Å². The van der Waals surface area contributed by atoms with E-state index in [1.807, 2.05) is 30.3 Å². The van der Waals surface area contributed by atoms with Gasteiger partial charge in [-0.2, -0.15) is 4.98 Å². The number of halogens is 2. The quantitative estimate of drug-likeness (QED) is 0.350. The Morgan fingerprint density at radius 2 is 1.61 bits per heavy atom. The van der Waals surface area contributed by atoms with Gasteiger partial charge in [0.1, 0.15) is 5.82 Å². The Hall–Kier alpha value is -2.97. The van der Waals surface area contributed by atoms with E-state index in [9.17, 15) is 12.8 Å². The van der Waals surface area contributed by atoms with Gasteiger partial charge in [0.2, 0.25) is 26.6 Å². The highest BCUT2D eigenvalue weighted by Gasteiger charge is 2.29. The van der Waals surface area contributed by atoms with Crippen molar-refractivity contribution in [2.45, 2.75) is 16.3 Å². The summed E-state index contributed by atoms with van der Waals surface area (Å²) in [6, 6.07) is 21.9. The van der Waals surface area contributed by atoms with Gasteiger partial charge in [-0.05, 0) is 48.4 Å². The minimum atomic E-state index is -3.99. The van der Waals surface area contributed by atoms with Crippen LogP contribution in [-0.2, 0) is 16.3 Å². The Labute approximate surface area is 188 Å². The highest BCUT2D eigenvalue weighted by molar-refractivity contribution is 9.10.